The van der Waals surface area contributed by atoms with E-state index in [2.05, 4.69) is 5.32 Å². The number of carboxylic acid groups (broad SMARTS) is 1. The van der Waals surface area contributed by atoms with E-state index < -0.39 is 12.0 Å². The van der Waals surface area contributed by atoms with Gasteiger partial charge in [-0.2, -0.15) is 0 Å². The van der Waals surface area contributed by atoms with Crippen molar-refractivity contribution in [3.8, 4) is 0 Å². The lowest BCUT2D eigenvalue weighted by molar-refractivity contribution is -0.141. The van der Waals surface area contributed by atoms with E-state index in [9.17, 15) is 9.59 Å². The Hall–Kier alpha value is -1.10. The van der Waals surface area contributed by atoms with Crippen LogP contribution >= 0.6 is 0 Å². The van der Waals surface area contributed by atoms with E-state index in [0.717, 1.165) is 0 Å². The molecule has 5 nitrogen and oxygen atoms in total. The lowest BCUT2D eigenvalue weighted by Gasteiger charge is -2.12. The summed E-state index contributed by atoms with van der Waals surface area (Å²) in [5.74, 6) is -1.43. The molecule has 13 heavy (non-hydrogen) atoms. The molecule has 0 bridgehead atoms. The predicted octanol–water partition coefficient (Wildman–Crippen LogP) is -0.388. The van der Waals surface area contributed by atoms with E-state index >= 15 is 0 Å². The monoisotopic (exact) mass is 187 g/mol. The van der Waals surface area contributed by atoms with Gasteiger partial charge >= 0.3 is 5.97 Å². The molecule has 0 aromatic rings. The normalized spacial score (nSPS) is 23.9. The van der Waals surface area contributed by atoms with Gasteiger partial charge in [-0.3, -0.25) is 9.59 Å². The van der Waals surface area contributed by atoms with Crippen molar-refractivity contribution >= 4 is 11.9 Å². The maximum absolute atomic E-state index is 11.3. The summed E-state index contributed by atoms with van der Waals surface area (Å²) in [6.45, 7) is 2.42. The third kappa shape index (κ3) is 2.69. The van der Waals surface area contributed by atoms with Crippen LogP contribution in [-0.2, 0) is 14.3 Å². The average molecular weight is 187 g/mol. The number of hydrogen-bond donors (Lipinski definition) is 2. The molecule has 0 aliphatic carbocycles. The number of carboxylic acids is 1. The number of nitrogens with one attached hydrogen (secondary N) is 1. The second-order valence-electron chi connectivity index (χ2n) is 3.13. The maximum atomic E-state index is 11.3. The summed E-state index contributed by atoms with van der Waals surface area (Å²) in [7, 11) is 0. The van der Waals surface area contributed by atoms with Crippen LogP contribution < -0.4 is 5.32 Å². The molecule has 0 aromatic heterocycles. The molecule has 1 saturated heterocycles. The van der Waals surface area contributed by atoms with Gasteiger partial charge in [0.15, 0.2) is 0 Å². The minimum atomic E-state index is -1.02. The minimum Gasteiger partial charge on any atom is -0.480 e. The van der Waals surface area contributed by atoms with Crippen molar-refractivity contribution in [2.45, 2.75) is 19.4 Å². The van der Waals surface area contributed by atoms with Gasteiger partial charge in [-0.15, -0.1) is 0 Å². The number of rotatable bonds is 3. The number of hydrogen-bond acceptors (Lipinski definition) is 3. The topological polar surface area (TPSA) is 75.6 Å². The van der Waals surface area contributed by atoms with E-state index in [1.165, 1.54) is 6.92 Å². The maximum Gasteiger partial charge on any atom is 0.325 e. The molecule has 0 radical (unpaired) electrons. The van der Waals surface area contributed by atoms with Crippen LogP contribution in [0.4, 0.5) is 0 Å². The number of amides is 1. The molecule has 0 spiro atoms. The van der Waals surface area contributed by atoms with Crippen LogP contribution in [0.25, 0.3) is 0 Å². The van der Waals surface area contributed by atoms with Crippen molar-refractivity contribution in [2.24, 2.45) is 5.92 Å². The first-order chi connectivity index (χ1) is 6.11. The van der Waals surface area contributed by atoms with Crippen LogP contribution in [0, 0.1) is 5.92 Å². The van der Waals surface area contributed by atoms with Gasteiger partial charge in [0.1, 0.15) is 6.04 Å². The summed E-state index contributed by atoms with van der Waals surface area (Å²) >= 11 is 0. The Bertz CT molecular complexity index is 210. The molecule has 0 saturated carbocycles. The zero-order valence-corrected chi connectivity index (χ0v) is 7.45. The molecule has 1 heterocycles. The number of ether oxygens (including phenoxy) is 1. The average Bonchev–Trinajstić information content (AvgIpc) is 2.55. The summed E-state index contributed by atoms with van der Waals surface area (Å²) in [6, 6.07) is -0.826. The van der Waals surface area contributed by atoms with Gasteiger partial charge in [0.2, 0.25) is 5.91 Å². The Morgan fingerprint density at radius 1 is 1.62 bits per heavy atom. The Kier molecular flexibility index (Phi) is 3.25. The van der Waals surface area contributed by atoms with Gasteiger partial charge in [0.25, 0.3) is 0 Å². The Morgan fingerprint density at radius 3 is 2.77 bits per heavy atom. The minimum absolute atomic E-state index is 0.179. The molecular weight excluding hydrogens is 174 g/mol. The fraction of sp³-hybridized carbons (Fsp3) is 0.750. The molecule has 5 heteroatoms. The van der Waals surface area contributed by atoms with Crippen LogP contribution in [0.2, 0.25) is 0 Å². The first kappa shape index (κ1) is 9.98. The second-order valence-corrected chi connectivity index (χ2v) is 3.13. The molecular formula is C8H13NO4. The lowest BCUT2D eigenvalue weighted by atomic mass is 10.1. The predicted molar refractivity (Wildman–Crippen MR) is 44.2 cm³/mol. The van der Waals surface area contributed by atoms with E-state index in [0.29, 0.717) is 19.6 Å². The molecule has 1 fully saturated rings. The van der Waals surface area contributed by atoms with Crippen molar-refractivity contribution in [3.63, 3.8) is 0 Å². The first-order valence-corrected chi connectivity index (χ1v) is 4.22. The molecule has 1 aliphatic rings. The number of carbonyl (C=O) groups excluding carboxylic acids is 1. The first-order valence-electron chi connectivity index (χ1n) is 4.22. The smallest absolute Gasteiger partial charge is 0.325 e. The molecule has 0 aromatic carbocycles. The van der Waals surface area contributed by atoms with Gasteiger partial charge in [-0.1, -0.05) is 0 Å². The highest BCUT2D eigenvalue weighted by Crippen LogP contribution is 2.12. The molecule has 0 unspecified atom stereocenters. The highest BCUT2D eigenvalue weighted by Gasteiger charge is 2.25. The van der Waals surface area contributed by atoms with Crippen LogP contribution in [0.15, 0.2) is 0 Å². The van der Waals surface area contributed by atoms with E-state index in [1.54, 1.807) is 0 Å². The summed E-state index contributed by atoms with van der Waals surface area (Å²) in [4.78, 5) is 21.7. The Morgan fingerprint density at radius 2 is 2.31 bits per heavy atom. The molecule has 2 N–H and O–H groups in total. The van der Waals surface area contributed by atoms with Crippen molar-refractivity contribution in [1.29, 1.82) is 0 Å². The fourth-order valence-electron chi connectivity index (χ4n) is 1.13. The molecule has 1 amide bonds. The number of aliphatic carboxylic acids is 1. The largest absolute Gasteiger partial charge is 0.480 e. The fourth-order valence-corrected chi connectivity index (χ4v) is 1.13. The molecule has 1 rings (SSSR count). The van der Waals surface area contributed by atoms with Crippen molar-refractivity contribution in [3.05, 3.63) is 0 Å². The standard InChI is InChI=1S/C8H13NO4/c1-5(8(11)12)9-7(10)6-2-3-13-4-6/h5-6H,2-4H2,1H3,(H,9,10)(H,11,12)/t5-,6+/m1/s1. The number of carbonyl (C=O) groups is 2. The second kappa shape index (κ2) is 4.23. The summed E-state index contributed by atoms with van der Waals surface area (Å²) in [5.41, 5.74) is 0. The van der Waals surface area contributed by atoms with E-state index in [1.807, 2.05) is 0 Å². The third-order valence-corrected chi connectivity index (χ3v) is 2.03. The van der Waals surface area contributed by atoms with Crippen LogP contribution in [0.5, 0.6) is 0 Å². The summed E-state index contributed by atoms with van der Waals surface area (Å²) in [6.07, 6.45) is 0.679. The van der Waals surface area contributed by atoms with E-state index in [4.69, 9.17) is 9.84 Å². The van der Waals surface area contributed by atoms with Gasteiger partial charge < -0.3 is 15.2 Å². The summed E-state index contributed by atoms with van der Waals surface area (Å²) < 4.78 is 5.01. The zero-order chi connectivity index (χ0) is 9.84. The van der Waals surface area contributed by atoms with Crippen LogP contribution in [0.3, 0.4) is 0 Å². The highest BCUT2D eigenvalue weighted by atomic mass is 16.5. The lowest BCUT2D eigenvalue weighted by Crippen LogP contribution is -2.41. The Labute approximate surface area is 76.1 Å². The zero-order valence-electron chi connectivity index (χ0n) is 7.45. The van der Waals surface area contributed by atoms with Gasteiger partial charge in [0.05, 0.1) is 12.5 Å². The quantitative estimate of drug-likeness (QED) is 0.631. The van der Waals surface area contributed by atoms with Gasteiger partial charge in [-0.05, 0) is 13.3 Å². The highest BCUT2D eigenvalue weighted by molar-refractivity contribution is 5.84. The van der Waals surface area contributed by atoms with Crippen LogP contribution in [-0.4, -0.2) is 36.2 Å². The van der Waals surface area contributed by atoms with Gasteiger partial charge in [-0.25, -0.2) is 0 Å². The molecule has 2 atom stereocenters. The van der Waals surface area contributed by atoms with E-state index in [-0.39, 0.29) is 11.8 Å². The SMILES string of the molecule is C[C@@H](NC(=O)[C@H]1CCOC1)C(=O)O. The van der Waals surface area contributed by atoms with Crippen molar-refractivity contribution in [2.75, 3.05) is 13.2 Å². The molecule has 74 valence electrons. The van der Waals surface area contributed by atoms with Gasteiger partial charge in [0, 0.05) is 6.61 Å². The van der Waals surface area contributed by atoms with Crippen molar-refractivity contribution < 1.29 is 19.4 Å². The van der Waals surface area contributed by atoms with Crippen molar-refractivity contribution in [1.82, 2.24) is 5.32 Å². The third-order valence-electron chi connectivity index (χ3n) is 2.03. The van der Waals surface area contributed by atoms with Crippen LogP contribution in [0.1, 0.15) is 13.3 Å². The molecule has 1 aliphatic heterocycles. The summed E-state index contributed by atoms with van der Waals surface area (Å²) in [5, 5.41) is 10.9. The Balaban J connectivity index is 2.35.